The van der Waals surface area contributed by atoms with Gasteiger partial charge in [0.2, 0.25) is 0 Å². The summed E-state index contributed by atoms with van der Waals surface area (Å²) in [4.78, 5) is 13.8. The molecule has 21 heteroatoms. The Hall–Kier alpha value is -2.49. The van der Waals surface area contributed by atoms with Crippen LogP contribution in [0, 0.1) is 28.6 Å². The summed E-state index contributed by atoms with van der Waals surface area (Å²) in [5.74, 6) is -1.24. The first-order valence-corrected chi connectivity index (χ1v) is 27.4. The number of hydrogen-bond donors (Lipinski definition) is 8. The lowest BCUT2D eigenvalue weighted by Gasteiger charge is -2.63. The molecule has 0 amide bonds. The van der Waals surface area contributed by atoms with Crippen molar-refractivity contribution >= 4 is 5.97 Å². The number of phenolic OH excluding ortho intramolecular Hbond substituents is 1. The second-order valence-electron chi connectivity index (χ2n) is 23.3. The molecular formula is C55H84O21. The number of ether oxygens (including phenoxy) is 12. The predicted molar refractivity (Wildman–Crippen MR) is 265 cm³/mol. The van der Waals surface area contributed by atoms with Gasteiger partial charge in [-0.1, -0.05) is 37.6 Å². The number of fused-ring (bicyclic) bond motifs is 5. The van der Waals surface area contributed by atoms with Crippen molar-refractivity contribution in [3.05, 3.63) is 41.5 Å². The minimum absolute atomic E-state index is 0.0185. The van der Waals surface area contributed by atoms with Crippen LogP contribution < -0.4 is 0 Å². The second-order valence-corrected chi connectivity index (χ2v) is 23.3. The highest BCUT2D eigenvalue weighted by Gasteiger charge is 2.71. The number of benzene rings is 1. The van der Waals surface area contributed by atoms with E-state index in [-0.39, 0.29) is 47.0 Å². The first-order valence-electron chi connectivity index (χ1n) is 27.4. The zero-order chi connectivity index (χ0) is 54.8. The van der Waals surface area contributed by atoms with Gasteiger partial charge in [0.05, 0.1) is 54.9 Å². The molecule has 76 heavy (non-hydrogen) atoms. The van der Waals surface area contributed by atoms with Crippen LogP contribution in [-0.4, -0.2) is 209 Å². The minimum Gasteiger partial charge on any atom is -0.507 e. The van der Waals surface area contributed by atoms with Crippen LogP contribution in [0.2, 0.25) is 0 Å². The standard InChI is InChI=1S/C55H84O21/c1-25(57)32-17-19-55(64)33-15-14-29-20-30(16-18-53(29,5)34(33)21-39(54(32,55)6)73-50(63)31-12-10-11-13-35(31)58)71-40-22-36(65-7)46(26(2)68-40)74-41-23-37(66-8)47(27(3)69-41)75-52-45(62)49(67-9)48(28(4)70-52)76-51-44(61)43(60)42(59)38(24-56)72-51/h10-14,25-28,30,32-34,36-49,51-52,56-62,64H,15-24H2,1-9H3/t25-,26-,27-,28-,30+,32-,33-,34+,36+,37+,38-,39-,40+,41+,42-,43+,44-,45-,46+,47+,48-,49-,51+,52+,53+,54+,55+/m1/s1. The Morgan fingerprint density at radius 2 is 1.34 bits per heavy atom. The van der Waals surface area contributed by atoms with E-state index in [4.69, 9.17) is 56.8 Å². The van der Waals surface area contributed by atoms with Crippen molar-refractivity contribution in [2.24, 2.45) is 28.6 Å². The van der Waals surface area contributed by atoms with Crippen LogP contribution in [0.3, 0.4) is 0 Å². The number of esters is 1. The van der Waals surface area contributed by atoms with Gasteiger partial charge >= 0.3 is 5.97 Å². The SMILES string of the molecule is CO[C@@H]1[C@@H](O)[C@H](O[C@@H]2[C@@H](OC)C[C@H](O[C@@H]3[C@@H](OC)C[C@H](O[C@H]4CC[C@@]5(C)C(=CC[C@@H]6[C@@H]5C[C@@H](OC(=O)c5ccccc5O)[C@]5(C)[C@@H]([C@@H](C)O)CC[C@]65O)C4)O[C@@H]3C)O[C@@H]2C)O[C@H](C)[C@H]1O[C@@H]1O[C@H](CO)[C@@H](O)[C@H](O)[C@H]1O. The van der Waals surface area contributed by atoms with Crippen LogP contribution in [0.5, 0.6) is 5.75 Å². The van der Waals surface area contributed by atoms with E-state index < -0.39 is 146 Å². The van der Waals surface area contributed by atoms with Crippen molar-refractivity contribution < 1.29 is 102 Å². The number of aliphatic hydroxyl groups is 7. The lowest BCUT2D eigenvalue weighted by atomic mass is 9.44. The summed E-state index contributed by atoms with van der Waals surface area (Å²) in [5.41, 5.74) is -1.11. The van der Waals surface area contributed by atoms with E-state index in [0.29, 0.717) is 38.5 Å². The Balaban J connectivity index is 0.804. The molecule has 4 aliphatic carbocycles. The highest BCUT2D eigenvalue weighted by molar-refractivity contribution is 5.92. The molecule has 7 fully saturated rings. The number of aromatic hydroxyl groups is 1. The van der Waals surface area contributed by atoms with Gasteiger partial charge in [0, 0.05) is 39.6 Å². The summed E-state index contributed by atoms with van der Waals surface area (Å²) < 4.78 is 74.5. The second kappa shape index (κ2) is 23.2. The average molecular weight is 1080 g/mol. The molecule has 4 aliphatic heterocycles. The van der Waals surface area contributed by atoms with E-state index in [1.54, 1.807) is 47.1 Å². The Labute approximate surface area is 444 Å². The normalized spacial score (nSPS) is 48.9. The van der Waals surface area contributed by atoms with E-state index in [0.717, 1.165) is 12.8 Å². The molecule has 4 heterocycles. The number of phenols is 1. The van der Waals surface area contributed by atoms with E-state index >= 15 is 0 Å². The molecule has 3 saturated carbocycles. The van der Waals surface area contributed by atoms with E-state index in [9.17, 15) is 45.6 Å². The predicted octanol–water partition coefficient (Wildman–Crippen LogP) is 2.36. The third-order valence-electron chi connectivity index (χ3n) is 19.3. The van der Waals surface area contributed by atoms with Crippen LogP contribution in [0.15, 0.2) is 35.9 Å². The van der Waals surface area contributed by atoms with Crippen molar-refractivity contribution in [3.8, 4) is 5.75 Å². The molecule has 1 aromatic rings. The smallest absolute Gasteiger partial charge is 0.342 e. The monoisotopic (exact) mass is 1080 g/mol. The van der Waals surface area contributed by atoms with Crippen LogP contribution >= 0.6 is 0 Å². The number of aliphatic hydroxyl groups excluding tert-OH is 6. The third kappa shape index (κ3) is 10.4. The number of rotatable bonds is 15. The fraction of sp³-hybridized carbons (Fsp3) is 0.836. The van der Waals surface area contributed by atoms with Crippen molar-refractivity contribution in [1.82, 2.24) is 0 Å². The largest absolute Gasteiger partial charge is 0.507 e. The summed E-state index contributed by atoms with van der Waals surface area (Å²) >= 11 is 0. The maximum atomic E-state index is 13.8. The maximum Gasteiger partial charge on any atom is 0.342 e. The zero-order valence-electron chi connectivity index (χ0n) is 45.2. The first-order chi connectivity index (χ1) is 36.1. The zero-order valence-corrected chi connectivity index (χ0v) is 45.2. The summed E-state index contributed by atoms with van der Waals surface area (Å²) in [7, 11) is 4.55. The minimum atomic E-state index is -1.67. The van der Waals surface area contributed by atoms with Crippen molar-refractivity contribution in [2.45, 2.75) is 234 Å². The van der Waals surface area contributed by atoms with Crippen molar-refractivity contribution in [1.29, 1.82) is 0 Å². The van der Waals surface area contributed by atoms with Gasteiger partial charge in [0.1, 0.15) is 72.4 Å². The van der Waals surface area contributed by atoms with Gasteiger partial charge in [-0.25, -0.2) is 4.79 Å². The van der Waals surface area contributed by atoms with Crippen LogP contribution in [-0.2, 0) is 56.8 Å². The van der Waals surface area contributed by atoms with E-state index in [2.05, 4.69) is 13.0 Å². The van der Waals surface area contributed by atoms with Crippen LogP contribution in [0.25, 0.3) is 0 Å². The number of para-hydroxylation sites is 1. The van der Waals surface area contributed by atoms with Gasteiger partial charge in [0.15, 0.2) is 25.2 Å². The molecular weight excluding hydrogens is 997 g/mol. The van der Waals surface area contributed by atoms with Gasteiger partial charge in [-0.2, -0.15) is 0 Å². The molecule has 4 saturated heterocycles. The van der Waals surface area contributed by atoms with E-state index in [1.165, 1.54) is 24.8 Å². The number of allylic oxidation sites excluding steroid dienone is 1. The van der Waals surface area contributed by atoms with Gasteiger partial charge < -0.3 is 97.7 Å². The molecule has 8 aliphatic rings. The Morgan fingerprint density at radius 3 is 1.97 bits per heavy atom. The highest BCUT2D eigenvalue weighted by atomic mass is 16.8. The Kier molecular flexibility index (Phi) is 17.7. The molecule has 0 radical (unpaired) electrons. The lowest BCUT2D eigenvalue weighted by molar-refractivity contribution is -0.373. The molecule has 9 rings (SSSR count). The fourth-order valence-electron chi connectivity index (χ4n) is 15.0. The summed E-state index contributed by atoms with van der Waals surface area (Å²) in [6, 6.07) is 6.31. The molecule has 8 N–H and O–H groups in total. The number of carbonyl (C=O) groups excluding carboxylic acids is 1. The number of carbonyl (C=O) groups is 1. The molecule has 0 bridgehead atoms. The average Bonchev–Trinajstić information content (AvgIpc) is 3.74. The van der Waals surface area contributed by atoms with Gasteiger partial charge in [0.25, 0.3) is 0 Å². The maximum absolute atomic E-state index is 13.8. The Bertz CT molecular complexity index is 2160. The molecule has 21 nitrogen and oxygen atoms in total. The molecule has 27 atom stereocenters. The van der Waals surface area contributed by atoms with Crippen molar-refractivity contribution in [2.75, 3.05) is 27.9 Å². The molecule has 0 spiro atoms. The summed E-state index contributed by atoms with van der Waals surface area (Å²) in [5, 5.41) is 87.0. The molecule has 1 aromatic carbocycles. The highest BCUT2D eigenvalue weighted by Crippen LogP contribution is 2.69. The molecule has 0 aromatic heterocycles. The van der Waals surface area contributed by atoms with Crippen LogP contribution in [0.4, 0.5) is 0 Å². The quantitative estimate of drug-likeness (QED) is 0.0924. The summed E-state index contributed by atoms with van der Waals surface area (Å²) in [6.45, 7) is 10.7. The molecule has 430 valence electrons. The van der Waals surface area contributed by atoms with Gasteiger partial charge in [-0.15, -0.1) is 0 Å². The topological polar surface area (TPSA) is 290 Å². The Morgan fingerprint density at radius 1 is 0.724 bits per heavy atom. The van der Waals surface area contributed by atoms with Crippen LogP contribution in [0.1, 0.15) is 110 Å². The molecule has 0 unspecified atom stereocenters. The number of hydrogen-bond acceptors (Lipinski definition) is 21. The van der Waals surface area contributed by atoms with Gasteiger partial charge in [-0.05, 0) is 108 Å². The lowest BCUT2D eigenvalue weighted by Crippen LogP contribution is -2.67. The number of methoxy groups -OCH3 is 3. The first kappa shape index (κ1) is 58.2. The van der Waals surface area contributed by atoms with Crippen molar-refractivity contribution in [3.63, 3.8) is 0 Å². The van der Waals surface area contributed by atoms with E-state index in [1.807, 2.05) is 13.8 Å². The van der Waals surface area contributed by atoms with Gasteiger partial charge in [-0.3, -0.25) is 0 Å². The fourth-order valence-corrected chi connectivity index (χ4v) is 15.0. The third-order valence-corrected chi connectivity index (χ3v) is 19.3. The summed E-state index contributed by atoms with van der Waals surface area (Å²) in [6.07, 6.45) is -12.1.